The zero-order valence-corrected chi connectivity index (χ0v) is 9.77. The fourth-order valence-electron chi connectivity index (χ4n) is 2.38. The van der Waals surface area contributed by atoms with Crippen molar-refractivity contribution in [1.82, 2.24) is 5.32 Å². The lowest BCUT2D eigenvalue weighted by Gasteiger charge is -2.37. The summed E-state index contributed by atoms with van der Waals surface area (Å²) in [5, 5.41) is 3.59. The van der Waals surface area contributed by atoms with E-state index < -0.39 is 0 Å². The van der Waals surface area contributed by atoms with E-state index in [4.69, 9.17) is 0 Å². The van der Waals surface area contributed by atoms with Crippen molar-refractivity contribution in [2.24, 2.45) is 11.8 Å². The topological polar surface area (TPSA) is 12.0 Å². The van der Waals surface area contributed by atoms with Gasteiger partial charge in [0.05, 0.1) is 0 Å². The molecule has 1 N–H and O–H groups in total. The van der Waals surface area contributed by atoms with Crippen LogP contribution in [0.25, 0.3) is 0 Å². The third-order valence-electron chi connectivity index (χ3n) is 3.40. The van der Waals surface area contributed by atoms with E-state index in [1.165, 1.54) is 24.0 Å². The van der Waals surface area contributed by atoms with E-state index in [9.17, 15) is 0 Å². The number of piperidine rings is 1. The Kier molecular flexibility index (Phi) is 3.94. The lowest BCUT2D eigenvalue weighted by Crippen LogP contribution is -2.45. The summed E-state index contributed by atoms with van der Waals surface area (Å²) in [4.78, 5) is 0. The summed E-state index contributed by atoms with van der Waals surface area (Å²) in [6.45, 7) is 15.7. The van der Waals surface area contributed by atoms with Crippen LogP contribution in [0.2, 0.25) is 0 Å². The minimum absolute atomic E-state index is 0.524. The number of rotatable bonds is 3. The smallest absolute Gasteiger partial charge is 0.0302 e. The normalized spacial score (nSPS) is 32.6. The van der Waals surface area contributed by atoms with Gasteiger partial charge in [0.1, 0.15) is 0 Å². The molecule has 14 heavy (non-hydrogen) atoms. The quantitative estimate of drug-likeness (QED) is 0.679. The zero-order valence-electron chi connectivity index (χ0n) is 9.77. The maximum Gasteiger partial charge on any atom is 0.0302 e. The van der Waals surface area contributed by atoms with Crippen molar-refractivity contribution in [2.75, 3.05) is 6.54 Å². The molecule has 1 aliphatic heterocycles. The fourth-order valence-corrected chi connectivity index (χ4v) is 2.38. The summed E-state index contributed by atoms with van der Waals surface area (Å²) in [6.07, 6.45) is 2.50. The lowest BCUT2D eigenvalue weighted by molar-refractivity contribution is 0.255. The fraction of sp³-hybridized carbons (Fsp3) is 0.692. The van der Waals surface area contributed by atoms with Crippen LogP contribution in [0, 0.1) is 11.8 Å². The molecule has 0 aromatic heterocycles. The molecule has 3 atom stereocenters. The van der Waals surface area contributed by atoms with Gasteiger partial charge in [-0.05, 0) is 32.1 Å². The van der Waals surface area contributed by atoms with Crippen LogP contribution in [0.15, 0.2) is 24.3 Å². The summed E-state index contributed by atoms with van der Waals surface area (Å²) in [5.41, 5.74) is 2.59. The highest BCUT2D eigenvalue weighted by molar-refractivity contribution is 5.10. The molecule has 1 heteroatoms. The van der Waals surface area contributed by atoms with Crippen molar-refractivity contribution in [2.45, 2.75) is 39.7 Å². The largest absolute Gasteiger partial charge is 0.309 e. The minimum atomic E-state index is 0.524. The van der Waals surface area contributed by atoms with Crippen LogP contribution < -0.4 is 5.32 Å². The maximum atomic E-state index is 4.06. The molecule has 1 aliphatic rings. The standard InChI is InChI=1S/C13H23N/c1-6-11-7-12(9(2)3)8-14-13(11)10(4)5/h11-14H,2,4,6-8H2,1,3,5H3. The molecule has 0 aromatic rings. The van der Waals surface area contributed by atoms with E-state index in [-0.39, 0.29) is 0 Å². The van der Waals surface area contributed by atoms with Gasteiger partial charge in [-0.3, -0.25) is 0 Å². The van der Waals surface area contributed by atoms with E-state index in [0.717, 1.165) is 12.5 Å². The van der Waals surface area contributed by atoms with Crippen molar-refractivity contribution in [3.63, 3.8) is 0 Å². The molecule has 0 radical (unpaired) electrons. The molecule has 1 rings (SSSR count). The van der Waals surface area contributed by atoms with Crippen LogP contribution in [0.1, 0.15) is 33.6 Å². The van der Waals surface area contributed by atoms with Gasteiger partial charge < -0.3 is 5.32 Å². The first-order chi connectivity index (χ1) is 6.56. The van der Waals surface area contributed by atoms with Crippen LogP contribution in [0.3, 0.4) is 0 Å². The first-order valence-corrected chi connectivity index (χ1v) is 5.60. The number of nitrogens with one attached hydrogen (secondary N) is 1. The summed E-state index contributed by atoms with van der Waals surface area (Å²) in [6, 6.07) is 0.524. The molecule has 0 aliphatic carbocycles. The Balaban J connectivity index is 2.63. The molecule has 0 saturated carbocycles. The van der Waals surface area contributed by atoms with E-state index in [0.29, 0.717) is 12.0 Å². The van der Waals surface area contributed by atoms with Crippen molar-refractivity contribution < 1.29 is 0 Å². The molecule has 0 spiro atoms. The SMILES string of the molecule is C=C(C)C1CNC(C(=C)C)C(CC)C1. The van der Waals surface area contributed by atoms with Gasteiger partial charge in [-0.2, -0.15) is 0 Å². The molecule has 1 saturated heterocycles. The Bertz CT molecular complexity index is 229. The van der Waals surface area contributed by atoms with Crippen molar-refractivity contribution in [1.29, 1.82) is 0 Å². The molecular weight excluding hydrogens is 170 g/mol. The lowest BCUT2D eigenvalue weighted by atomic mass is 9.78. The molecule has 1 fully saturated rings. The molecule has 0 amide bonds. The van der Waals surface area contributed by atoms with Crippen molar-refractivity contribution in [3.05, 3.63) is 24.3 Å². The third kappa shape index (κ3) is 2.48. The van der Waals surface area contributed by atoms with E-state index in [1.807, 2.05) is 0 Å². The van der Waals surface area contributed by atoms with Crippen LogP contribution >= 0.6 is 0 Å². The van der Waals surface area contributed by atoms with Gasteiger partial charge in [0.2, 0.25) is 0 Å². The summed E-state index contributed by atoms with van der Waals surface area (Å²) >= 11 is 0. The second-order valence-electron chi connectivity index (χ2n) is 4.68. The van der Waals surface area contributed by atoms with Gasteiger partial charge in [-0.15, -0.1) is 0 Å². The average Bonchev–Trinajstić information content (AvgIpc) is 2.16. The van der Waals surface area contributed by atoms with Crippen molar-refractivity contribution >= 4 is 0 Å². The molecule has 1 heterocycles. The zero-order chi connectivity index (χ0) is 10.7. The Morgan fingerprint density at radius 1 is 1.29 bits per heavy atom. The second-order valence-corrected chi connectivity index (χ2v) is 4.68. The maximum absolute atomic E-state index is 4.06. The highest BCUT2D eigenvalue weighted by Crippen LogP contribution is 2.30. The van der Waals surface area contributed by atoms with E-state index in [1.54, 1.807) is 0 Å². The summed E-state index contributed by atoms with van der Waals surface area (Å²) < 4.78 is 0. The van der Waals surface area contributed by atoms with Crippen molar-refractivity contribution in [3.8, 4) is 0 Å². The Morgan fingerprint density at radius 2 is 1.93 bits per heavy atom. The van der Waals surface area contributed by atoms with Gasteiger partial charge in [-0.1, -0.05) is 37.6 Å². The Labute approximate surface area is 88.3 Å². The van der Waals surface area contributed by atoms with E-state index >= 15 is 0 Å². The van der Waals surface area contributed by atoms with Gasteiger partial charge in [0, 0.05) is 12.6 Å². The molecule has 0 aromatic carbocycles. The minimum Gasteiger partial charge on any atom is -0.309 e. The Hall–Kier alpha value is -0.560. The highest BCUT2D eigenvalue weighted by atomic mass is 14.9. The van der Waals surface area contributed by atoms with Crippen LogP contribution in [0.5, 0.6) is 0 Å². The van der Waals surface area contributed by atoms with Crippen LogP contribution in [-0.2, 0) is 0 Å². The second kappa shape index (κ2) is 4.79. The summed E-state index contributed by atoms with van der Waals surface area (Å²) in [7, 11) is 0. The number of hydrogen-bond acceptors (Lipinski definition) is 1. The van der Waals surface area contributed by atoms with Crippen LogP contribution in [-0.4, -0.2) is 12.6 Å². The first kappa shape index (κ1) is 11.5. The molecular formula is C13H23N. The van der Waals surface area contributed by atoms with Gasteiger partial charge >= 0.3 is 0 Å². The van der Waals surface area contributed by atoms with Gasteiger partial charge in [0.15, 0.2) is 0 Å². The molecule has 3 unspecified atom stereocenters. The predicted molar refractivity (Wildman–Crippen MR) is 63.3 cm³/mol. The molecule has 1 nitrogen and oxygen atoms in total. The number of hydrogen-bond donors (Lipinski definition) is 1. The monoisotopic (exact) mass is 193 g/mol. The van der Waals surface area contributed by atoms with E-state index in [2.05, 4.69) is 39.2 Å². The summed E-state index contributed by atoms with van der Waals surface area (Å²) in [5.74, 6) is 1.40. The highest BCUT2D eigenvalue weighted by Gasteiger charge is 2.29. The van der Waals surface area contributed by atoms with Crippen LogP contribution in [0.4, 0.5) is 0 Å². The molecule has 0 bridgehead atoms. The van der Waals surface area contributed by atoms with Gasteiger partial charge in [0.25, 0.3) is 0 Å². The third-order valence-corrected chi connectivity index (χ3v) is 3.40. The average molecular weight is 193 g/mol. The predicted octanol–water partition coefficient (Wildman–Crippen LogP) is 3.14. The first-order valence-electron chi connectivity index (χ1n) is 5.60. The Morgan fingerprint density at radius 3 is 2.36 bits per heavy atom. The van der Waals surface area contributed by atoms with Gasteiger partial charge in [-0.25, -0.2) is 0 Å². The molecule has 80 valence electrons.